The maximum absolute atomic E-state index is 5.37. The number of aromatic nitrogens is 2. The number of rotatable bonds is 0. The Bertz CT molecular complexity index is 286. The molecule has 72 valence electrons. The van der Waals surface area contributed by atoms with Crippen LogP contribution in [0.15, 0.2) is 6.20 Å². The van der Waals surface area contributed by atoms with E-state index in [0.717, 1.165) is 19.6 Å². The first-order chi connectivity index (χ1) is 6.07. The van der Waals surface area contributed by atoms with Crippen molar-refractivity contribution in [1.82, 2.24) is 9.78 Å². The van der Waals surface area contributed by atoms with Crippen LogP contribution in [-0.2, 0) is 23.3 Å². The van der Waals surface area contributed by atoms with Crippen LogP contribution in [0.1, 0.15) is 32.0 Å². The van der Waals surface area contributed by atoms with Crippen molar-refractivity contribution in [2.24, 2.45) is 0 Å². The molecule has 13 heavy (non-hydrogen) atoms. The molecule has 2 rings (SSSR count). The van der Waals surface area contributed by atoms with E-state index in [1.54, 1.807) is 0 Å². The molecule has 0 aliphatic carbocycles. The smallest absolute Gasteiger partial charge is 0.0750 e. The molecule has 1 aromatic rings. The van der Waals surface area contributed by atoms with Crippen LogP contribution in [0.2, 0.25) is 0 Å². The molecule has 0 spiro atoms. The first-order valence-electron chi connectivity index (χ1n) is 4.73. The Labute approximate surface area is 78.7 Å². The van der Waals surface area contributed by atoms with E-state index >= 15 is 0 Å². The van der Waals surface area contributed by atoms with Crippen molar-refractivity contribution in [3.63, 3.8) is 0 Å². The third-order valence-corrected chi connectivity index (χ3v) is 2.31. The van der Waals surface area contributed by atoms with Gasteiger partial charge in [0.15, 0.2) is 0 Å². The van der Waals surface area contributed by atoms with Crippen LogP contribution in [0.3, 0.4) is 0 Å². The molecule has 0 aromatic carbocycles. The fraction of sp³-hybridized carbons (Fsp3) is 0.700. The van der Waals surface area contributed by atoms with Crippen LogP contribution in [0, 0.1) is 0 Å². The van der Waals surface area contributed by atoms with E-state index in [1.165, 1.54) is 11.3 Å². The summed E-state index contributed by atoms with van der Waals surface area (Å²) in [6, 6.07) is 0. The molecule has 3 heteroatoms. The van der Waals surface area contributed by atoms with Crippen molar-refractivity contribution < 1.29 is 4.74 Å². The molecular formula is C10H16N2O. The van der Waals surface area contributed by atoms with Gasteiger partial charge in [-0.15, -0.1) is 0 Å². The van der Waals surface area contributed by atoms with E-state index in [9.17, 15) is 0 Å². The minimum atomic E-state index is 0.0807. The molecule has 0 radical (unpaired) electrons. The first kappa shape index (κ1) is 8.75. The van der Waals surface area contributed by atoms with Crippen LogP contribution in [-0.4, -0.2) is 16.4 Å². The summed E-state index contributed by atoms with van der Waals surface area (Å²) in [7, 11) is 0. The summed E-state index contributed by atoms with van der Waals surface area (Å²) in [6.45, 7) is 8.02. The lowest BCUT2D eigenvalue weighted by molar-refractivity contribution is 0.110. The summed E-state index contributed by atoms with van der Waals surface area (Å²) in [4.78, 5) is 0. The van der Waals surface area contributed by atoms with Crippen molar-refractivity contribution in [2.45, 2.75) is 39.3 Å². The number of hydrogen-bond acceptors (Lipinski definition) is 2. The van der Waals surface area contributed by atoms with Crippen LogP contribution >= 0.6 is 0 Å². The SMILES string of the molecule is CC(C)(C)n1cc2c(n1)CCOC2. The molecule has 0 unspecified atom stereocenters. The second-order valence-electron chi connectivity index (χ2n) is 4.52. The number of hydrogen-bond donors (Lipinski definition) is 0. The average Bonchev–Trinajstić information content (AvgIpc) is 2.45. The fourth-order valence-electron chi connectivity index (χ4n) is 1.47. The Kier molecular flexibility index (Phi) is 1.91. The highest BCUT2D eigenvalue weighted by Gasteiger charge is 2.19. The predicted molar refractivity (Wildman–Crippen MR) is 50.6 cm³/mol. The Morgan fingerprint density at radius 1 is 1.46 bits per heavy atom. The van der Waals surface area contributed by atoms with Crippen LogP contribution in [0.4, 0.5) is 0 Å². The number of fused-ring (bicyclic) bond motifs is 1. The minimum Gasteiger partial charge on any atom is -0.376 e. The third-order valence-electron chi connectivity index (χ3n) is 2.31. The van der Waals surface area contributed by atoms with Crippen LogP contribution in [0.5, 0.6) is 0 Å². The monoisotopic (exact) mass is 180 g/mol. The summed E-state index contributed by atoms with van der Waals surface area (Å²) in [5.41, 5.74) is 2.54. The van der Waals surface area contributed by atoms with E-state index in [1.807, 2.05) is 4.68 Å². The Morgan fingerprint density at radius 2 is 2.23 bits per heavy atom. The van der Waals surface area contributed by atoms with Crippen molar-refractivity contribution >= 4 is 0 Å². The zero-order valence-corrected chi connectivity index (χ0v) is 8.50. The van der Waals surface area contributed by atoms with Gasteiger partial charge in [-0.3, -0.25) is 4.68 Å². The van der Waals surface area contributed by atoms with Gasteiger partial charge in [0, 0.05) is 18.2 Å². The largest absolute Gasteiger partial charge is 0.376 e. The van der Waals surface area contributed by atoms with Gasteiger partial charge >= 0.3 is 0 Å². The van der Waals surface area contributed by atoms with E-state index in [4.69, 9.17) is 4.74 Å². The van der Waals surface area contributed by atoms with Crippen LogP contribution < -0.4 is 0 Å². The molecule has 1 aliphatic rings. The second-order valence-corrected chi connectivity index (χ2v) is 4.52. The fourth-order valence-corrected chi connectivity index (χ4v) is 1.47. The Morgan fingerprint density at radius 3 is 2.85 bits per heavy atom. The molecule has 0 fully saturated rings. The molecule has 3 nitrogen and oxygen atoms in total. The summed E-state index contributed by atoms with van der Waals surface area (Å²) in [5, 5.41) is 4.56. The second kappa shape index (κ2) is 2.84. The summed E-state index contributed by atoms with van der Waals surface area (Å²) in [5.74, 6) is 0. The number of ether oxygens (including phenoxy) is 1. The zero-order valence-electron chi connectivity index (χ0n) is 8.50. The number of nitrogens with zero attached hydrogens (tertiary/aromatic N) is 2. The van der Waals surface area contributed by atoms with Crippen molar-refractivity contribution in [2.75, 3.05) is 6.61 Å². The van der Waals surface area contributed by atoms with Gasteiger partial charge in [-0.05, 0) is 20.8 Å². The highest BCUT2D eigenvalue weighted by molar-refractivity contribution is 5.18. The lowest BCUT2D eigenvalue weighted by atomic mass is 10.1. The maximum atomic E-state index is 5.37. The third kappa shape index (κ3) is 1.61. The summed E-state index contributed by atoms with van der Waals surface area (Å²) < 4.78 is 7.40. The van der Waals surface area contributed by atoms with Gasteiger partial charge in [-0.1, -0.05) is 0 Å². The van der Waals surface area contributed by atoms with Gasteiger partial charge in [-0.2, -0.15) is 5.10 Å². The molecule has 1 aromatic heterocycles. The van der Waals surface area contributed by atoms with E-state index in [0.29, 0.717) is 0 Å². The van der Waals surface area contributed by atoms with Gasteiger partial charge in [0.2, 0.25) is 0 Å². The molecule has 1 aliphatic heterocycles. The highest BCUT2D eigenvalue weighted by atomic mass is 16.5. The quantitative estimate of drug-likeness (QED) is 0.607. The molecule has 0 atom stereocenters. The van der Waals surface area contributed by atoms with Gasteiger partial charge in [0.05, 0.1) is 24.4 Å². The van der Waals surface area contributed by atoms with Gasteiger partial charge < -0.3 is 4.74 Å². The Hall–Kier alpha value is -0.830. The average molecular weight is 180 g/mol. The van der Waals surface area contributed by atoms with E-state index in [-0.39, 0.29) is 5.54 Å². The molecule has 0 saturated carbocycles. The Balaban J connectivity index is 2.36. The standard InChI is InChI=1S/C10H16N2O/c1-10(2,3)12-6-8-7-13-5-4-9(8)11-12/h6H,4-5,7H2,1-3H3. The van der Waals surface area contributed by atoms with Crippen molar-refractivity contribution in [3.05, 3.63) is 17.5 Å². The lowest BCUT2D eigenvalue weighted by Gasteiger charge is -2.18. The van der Waals surface area contributed by atoms with E-state index < -0.39 is 0 Å². The first-order valence-corrected chi connectivity index (χ1v) is 4.73. The van der Waals surface area contributed by atoms with Gasteiger partial charge in [0.1, 0.15) is 0 Å². The molecule has 0 N–H and O–H groups in total. The topological polar surface area (TPSA) is 27.1 Å². The van der Waals surface area contributed by atoms with Gasteiger partial charge in [-0.25, -0.2) is 0 Å². The van der Waals surface area contributed by atoms with Crippen molar-refractivity contribution in [3.8, 4) is 0 Å². The maximum Gasteiger partial charge on any atom is 0.0750 e. The van der Waals surface area contributed by atoms with Crippen molar-refractivity contribution in [1.29, 1.82) is 0 Å². The highest BCUT2D eigenvalue weighted by Crippen LogP contribution is 2.19. The molecule has 2 heterocycles. The minimum absolute atomic E-state index is 0.0807. The van der Waals surface area contributed by atoms with Gasteiger partial charge in [0.25, 0.3) is 0 Å². The zero-order chi connectivity index (χ0) is 9.47. The predicted octanol–water partition coefficient (Wildman–Crippen LogP) is 1.71. The summed E-state index contributed by atoms with van der Waals surface area (Å²) >= 11 is 0. The van der Waals surface area contributed by atoms with Crippen LogP contribution in [0.25, 0.3) is 0 Å². The molecule has 0 amide bonds. The molecule has 0 bridgehead atoms. The lowest BCUT2D eigenvalue weighted by Crippen LogP contribution is -2.22. The molecule has 0 saturated heterocycles. The van der Waals surface area contributed by atoms with E-state index in [2.05, 4.69) is 32.1 Å². The normalized spacial score (nSPS) is 17.2. The molecular weight excluding hydrogens is 164 g/mol. The summed E-state index contributed by atoms with van der Waals surface area (Å²) in [6.07, 6.45) is 3.06.